The molecule has 0 amide bonds. The monoisotopic (exact) mass is 212 g/mol. The quantitative estimate of drug-likeness (QED) is 0.321. The Morgan fingerprint density at radius 1 is 1.40 bits per heavy atom. The summed E-state index contributed by atoms with van der Waals surface area (Å²) in [5.74, 6) is 7.22. The summed E-state index contributed by atoms with van der Waals surface area (Å²) in [6.07, 6.45) is 5.22. The first-order valence-corrected chi connectivity index (χ1v) is 6.07. The molecule has 0 spiro atoms. The molecular formula is C11H24N4. The lowest BCUT2D eigenvalue weighted by Crippen LogP contribution is -2.48. The first kappa shape index (κ1) is 12.3. The molecule has 0 radical (unpaired) electrons. The second-order valence-corrected chi connectivity index (χ2v) is 4.16. The van der Waals surface area contributed by atoms with Crippen LogP contribution in [0.15, 0.2) is 4.99 Å². The molecule has 0 atom stereocenters. The van der Waals surface area contributed by atoms with Gasteiger partial charge in [-0.1, -0.05) is 19.8 Å². The van der Waals surface area contributed by atoms with E-state index in [0.29, 0.717) is 0 Å². The summed E-state index contributed by atoms with van der Waals surface area (Å²) in [7, 11) is 0. The topological polar surface area (TPSA) is 53.6 Å². The number of likely N-dealkylation sites (tertiary alicyclic amines) is 1. The maximum absolute atomic E-state index is 5.46. The molecule has 1 rings (SSSR count). The molecule has 0 bridgehead atoms. The van der Waals surface area contributed by atoms with Gasteiger partial charge in [0.25, 0.3) is 0 Å². The fraction of sp³-hybridized carbons (Fsp3) is 0.909. The number of hydrogen-bond donors (Lipinski definition) is 2. The number of rotatable bonds is 3. The lowest BCUT2D eigenvalue weighted by molar-refractivity contribution is 0.249. The highest BCUT2D eigenvalue weighted by atomic mass is 15.4. The molecule has 0 aromatic heterocycles. The highest BCUT2D eigenvalue weighted by molar-refractivity contribution is 5.79. The fourth-order valence-corrected chi connectivity index (χ4v) is 2.23. The summed E-state index contributed by atoms with van der Waals surface area (Å²) >= 11 is 0. The molecule has 0 aromatic carbocycles. The summed E-state index contributed by atoms with van der Waals surface area (Å²) in [5.41, 5.74) is 2.70. The molecule has 1 aliphatic heterocycles. The van der Waals surface area contributed by atoms with Crippen molar-refractivity contribution >= 4 is 5.96 Å². The maximum Gasteiger partial charge on any atom is 0.208 e. The van der Waals surface area contributed by atoms with Crippen LogP contribution in [0.4, 0.5) is 0 Å². The van der Waals surface area contributed by atoms with E-state index >= 15 is 0 Å². The number of hydrogen-bond acceptors (Lipinski definition) is 2. The molecule has 1 fully saturated rings. The van der Waals surface area contributed by atoms with E-state index in [1.165, 1.54) is 25.7 Å². The number of nitrogens with two attached hydrogens (primary N) is 1. The third-order valence-corrected chi connectivity index (χ3v) is 3.05. The fourth-order valence-electron chi connectivity index (χ4n) is 2.23. The zero-order chi connectivity index (χ0) is 11.1. The maximum atomic E-state index is 5.46. The minimum atomic E-state index is 0.786. The van der Waals surface area contributed by atoms with Crippen molar-refractivity contribution in [1.29, 1.82) is 0 Å². The molecule has 1 heterocycles. The van der Waals surface area contributed by atoms with Crippen molar-refractivity contribution in [3.63, 3.8) is 0 Å². The Balaban J connectivity index is 2.38. The van der Waals surface area contributed by atoms with Crippen molar-refractivity contribution in [3.8, 4) is 0 Å². The third kappa shape index (κ3) is 3.70. The van der Waals surface area contributed by atoms with Gasteiger partial charge in [0.05, 0.1) is 0 Å². The lowest BCUT2D eigenvalue weighted by atomic mass is 9.93. The van der Waals surface area contributed by atoms with Crippen LogP contribution in [0.1, 0.15) is 39.5 Å². The lowest BCUT2D eigenvalue weighted by Gasteiger charge is -2.33. The smallest absolute Gasteiger partial charge is 0.208 e. The van der Waals surface area contributed by atoms with Crippen molar-refractivity contribution < 1.29 is 0 Å². The number of hydrazine groups is 1. The Morgan fingerprint density at radius 2 is 2.07 bits per heavy atom. The molecule has 1 saturated heterocycles. The van der Waals surface area contributed by atoms with Gasteiger partial charge in [0, 0.05) is 19.6 Å². The summed E-state index contributed by atoms with van der Waals surface area (Å²) in [4.78, 5) is 6.60. The van der Waals surface area contributed by atoms with Gasteiger partial charge in [-0.2, -0.15) is 0 Å². The minimum Gasteiger partial charge on any atom is -0.342 e. The average molecular weight is 212 g/mol. The van der Waals surface area contributed by atoms with Gasteiger partial charge in [0.15, 0.2) is 0 Å². The van der Waals surface area contributed by atoms with Crippen molar-refractivity contribution in [3.05, 3.63) is 0 Å². The van der Waals surface area contributed by atoms with Gasteiger partial charge in [0.2, 0.25) is 5.96 Å². The molecule has 15 heavy (non-hydrogen) atoms. The molecule has 0 saturated carbocycles. The van der Waals surface area contributed by atoms with E-state index in [9.17, 15) is 0 Å². The van der Waals surface area contributed by atoms with E-state index in [-0.39, 0.29) is 0 Å². The minimum absolute atomic E-state index is 0.786. The Kier molecular flexibility index (Phi) is 5.47. The van der Waals surface area contributed by atoms with Crippen LogP contribution in [-0.2, 0) is 0 Å². The van der Waals surface area contributed by atoms with Gasteiger partial charge in [-0.05, 0) is 25.7 Å². The SMILES string of the molecule is CCCC1CCN(C(=NCC)NN)CC1. The molecular weight excluding hydrogens is 188 g/mol. The van der Waals surface area contributed by atoms with Crippen molar-refractivity contribution in [2.24, 2.45) is 16.8 Å². The highest BCUT2D eigenvalue weighted by Gasteiger charge is 2.20. The predicted octanol–water partition coefficient (Wildman–Crippen LogP) is 1.34. The molecule has 0 aromatic rings. The standard InChI is InChI=1S/C11H24N4/c1-3-5-10-6-8-15(9-7-10)11(14-12)13-4-2/h10H,3-9,12H2,1-2H3,(H,13,14). The average Bonchev–Trinajstić information content (AvgIpc) is 2.28. The van der Waals surface area contributed by atoms with E-state index in [1.54, 1.807) is 0 Å². The van der Waals surface area contributed by atoms with Crippen molar-refractivity contribution in [2.45, 2.75) is 39.5 Å². The van der Waals surface area contributed by atoms with E-state index in [0.717, 1.165) is 31.5 Å². The highest BCUT2D eigenvalue weighted by Crippen LogP contribution is 2.21. The van der Waals surface area contributed by atoms with Gasteiger partial charge in [-0.15, -0.1) is 0 Å². The molecule has 3 N–H and O–H groups in total. The first-order chi connectivity index (χ1) is 7.31. The van der Waals surface area contributed by atoms with Crippen LogP contribution in [0.3, 0.4) is 0 Å². The predicted molar refractivity (Wildman–Crippen MR) is 64.5 cm³/mol. The van der Waals surface area contributed by atoms with Crippen molar-refractivity contribution in [2.75, 3.05) is 19.6 Å². The number of nitrogens with zero attached hydrogens (tertiary/aromatic N) is 2. The largest absolute Gasteiger partial charge is 0.342 e. The molecule has 1 aliphatic rings. The Labute approximate surface area is 92.9 Å². The molecule has 4 nitrogen and oxygen atoms in total. The third-order valence-electron chi connectivity index (χ3n) is 3.05. The van der Waals surface area contributed by atoms with E-state index in [4.69, 9.17) is 5.84 Å². The first-order valence-electron chi connectivity index (χ1n) is 6.07. The summed E-state index contributed by atoms with van der Waals surface area (Å²) in [5, 5.41) is 0. The Bertz CT molecular complexity index is 195. The van der Waals surface area contributed by atoms with Gasteiger partial charge in [-0.3, -0.25) is 10.4 Å². The summed E-state index contributed by atoms with van der Waals surface area (Å²) in [6, 6.07) is 0. The Hall–Kier alpha value is -0.770. The Morgan fingerprint density at radius 3 is 2.53 bits per heavy atom. The van der Waals surface area contributed by atoms with E-state index < -0.39 is 0 Å². The molecule has 0 unspecified atom stereocenters. The normalized spacial score (nSPS) is 19.4. The molecule has 88 valence electrons. The second-order valence-electron chi connectivity index (χ2n) is 4.16. The van der Waals surface area contributed by atoms with Crippen LogP contribution in [-0.4, -0.2) is 30.5 Å². The second kappa shape index (κ2) is 6.67. The summed E-state index contributed by atoms with van der Waals surface area (Å²) in [6.45, 7) is 7.26. The van der Waals surface area contributed by atoms with E-state index in [2.05, 4.69) is 22.2 Å². The number of aliphatic imine (C=N–C) groups is 1. The van der Waals surface area contributed by atoms with Gasteiger partial charge in [-0.25, -0.2) is 5.84 Å². The van der Waals surface area contributed by atoms with Crippen LogP contribution in [0.2, 0.25) is 0 Å². The number of nitrogens with one attached hydrogen (secondary N) is 1. The van der Waals surface area contributed by atoms with Gasteiger partial charge >= 0.3 is 0 Å². The van der Waals surface area contributed by atoms with E-state index in [1.807, 2.05) is 6.92 Å². The van der Waals surface area contributed by atoms with Crippen LogP contribution in [0.5, 0.6) is 0 Å². The van der Waals surface area contributed by atoms with Crippen LogP contribution in [0, 0.1) is 5.92 Å². The van der Waals surface area contributed by atoms with Gasteiger partial charge < -0.3 is 4.90 Å². The zero-order valence-corrected chi connectivity index (χ0v) is 10.00. The zero-order valence-electron chi connectivity index (χ0n) is 10.00. The summed E-state index contributed by atoms with van der Waals surface area (Å²) < 4.78 is 0. The van der Waals surface area contributed by atoms with Crippen LogP contribution >= 0.6 is 0 Å². The number of piperidine rings is 1. The van der Waals surface area contributed by atoms with Crippen LogP contribution < -0.4 is 11.3 Å². The van der Waals surface area contributed by atoms with Gasteiger partial charge in [0.1, 0.15) is 0 Å². The van der Waals surface area contributed by atoms with Crippen LogP contribution in [0.25, 0.3) is 0 Å². The molecule has 4 heteroatoms. The molecule has 0 aliphatic carbocycles. The van der Waals surface area contributed by atoms with Crippen molar-refractivity contribution in [1.82, 2.24) is 10.3 Å². The number of guanidine groups is 1.